The van der Waals surface area contributed by atoms with Crippen LogP contribution in [0.4, 0.5) is 5.69 Å². The number of rotatable bonds is 16. The number of nitro groups is 1. The molecular formula is C108H135Cl12N7O9Zr6. The van der Waals surface area contributed by atoms with Gasteiger partial charge in [0.2, 0.25) is 0 Å². The summed E-state index contributed by atoms with van der Waals surface area (Å²) in [6.45, 7) is 13.5. The van der Waals surface area contributed by atoms with Crippen LogP contribution in [0.25, 0.3) is 11.1 Å². The van der Waals surface area contributed by atoms with Crippen LogP contribution in [-0.2, 0) is 131 Å². The van der Waals surface area contributed by atoms with Crippen molar-refractivity contribution in [1.82, 2.24) is 0 Å². The van der Waals surface area contributed by atoms with Crippen molar-refractivity contribution < 1.29 is 165 Å². The van der Waals surface area contributed by atoms with Gasteiger partial charge in [0.25, 0.3) is 5.69 Å². The molecule has 764 valence electrons. The molecule has 7 aromatic rings. The van der Waals surface area contributed by atoms with Gasteiger partial charge in [-0.1, -0.05) is 93.1 Å². The summed E-state index contributed by atoms with van der Waals surface area (Å²) in [5.74, 6) is 15.6. The molecular weight excluding hydrogens is 2510 g/mol. The molecule has 0 aliphatic heterocycles. The van der Waals surface area contributed by atoms with Crippen molar-refractivity contribution in [2.24, 2.45) is 119 Å². The summed E-state index contributed by atoms with van der Waals surface area (Å²) in [5, 5.41) is 72.6. The molecule has 142 heavy (non-hydrogen) atoms. The van der Waals surface area contributed by atoms with Crippen LogP contribution in [0.3, 0.4) is 0 Å². The molecule has 7 aromatic carbocycles. The third-order valence-electron chi connectivity index (χ3n) is 32.8. The van der Waals surface area contributed by atoms with Crippen LogP contribution in [0.2, 0.25) is 0 Å². The van der Waals surface area contributed by atoms with E-state index in [1.807, 2.05) is 125 Å². The number of halogens is 12. The van der Waals surface area contributed by atoms with Gasteiger partial charge in [0.15, 0.2) is 0 Å². The molecule has 0 saturated heterocycles. The number of nitrogens with zero attached hydrogens (tertiary/aromatic N) is 7. The zero-order valence-electron chi connectivity index (χ0n) is 82.3. The first-order chi connectivity index (χ1) is 68.3. The van der Waals surface area contributed by atoms with Crippen LogP contribution < -0.4 is 4.74 Å². The summed E-state index contributed by atoms with van der Waals surface area (Å²) < 4.78 is 5.24. The standard InChI is InChI=1S/C24H31NO.C21H23NO.C16H21NO2.2C16H21NO.C15H18N2O3.12ClH.6Zr/c26-23-20(14-25-22-10-15-4-5-19(22)9-15)2-1-3-21(23)24-11-16-6-17(12-24)8-18(7-16)13-24;1-14-9-18(16-5-3-2-4-6-16)12-19(21(14)23)13-22-20-11-15-7-8-17(20)10-15;1-10-5-14(19-2)8-13(16(10)18)9-17-15-7-11-3-4-12(15)6-11;2*1-10-5-11(2)16(18)14(6-10)9-17-15-8-12-3-4-13(15)7-12;1-9-4-13(17(19)20)7-12(15(9)18)8-16-14-6-10-2-3-11(14)5-10;;;;;;;;;;;;;;;;;;/h1-3,14-19,22,26H,4-13H2;2-6,9,12-13,15,17,20,23H,7-8,10-11H2,1H3;5,8-9,11-12,15,18H,3-4,6-7H2,1-2H3;2*5-6,9,12-13,15,18H,3-4,7-8H2,1-2H3;4,7-8,10-11,14,18H,2-3,5-6H2,1H3;12*1H;;;;;;/q;;;;;;;;;;;;;;;;;;6*+2/p-12. The van der Waals surface area contributed by atoms with Gasteiger partial charge in [0.1, 0.15) is 40.2 Å². The Bertz CT molecular complexity index is 5270. The molecule has 6 N–H and O–H groups in total. The van der Waals surface area contributed by atoms with E-state index in [0.717, 1.165) is 151 Å². The fourth-order valence-corrected chi connectivity index (χ4v) is 26.8. The molecule has 16 aliphatic carbocycles. The summed E-state index contributed by atoms with van der Waals surface area (Å²) in [5.41, 5.74) is 15.0. The van der Waals surface area contributed by atoms with E-state index in [0.29, 0.717) is 82.0 Å². The van der Waals surface area contributed by atoms with Gasteiger partial charge in [0, 0.05) is 88.4 Å². The van der Waals surface area contributed by atoms with Crippen LogP contribution in [-0.4, -0.2) is 116 Å². The number of hydrogen-bond donors (Lipinski definition) is 6. The zero-order chi connectivity index (χ0) is 102. The van der Waals surface area contributed by atoms with E-state index in [1.165, 1.54) is 221 Å². The van der Waals surface area contributed by atoms with E-state index in [9.17, 15) is 40.8 Å². The van der Waals surface area contributed by atoms with Crippen molar-refractivity contribution in [1.29, 1.82) is 0 Å². The number of fused-ring (bicyclic) bond motifs is 12. The van der Waals surface area contributed by atoms with Crippen molar-refractivity contribution in [2.75, 3.05) is 7.11 Å². The number of aliphatic imine (C=N–C) groups is 6. The summed E-state index contributed by atoms with van der Waals surface area (Å²) in [7, 11) is 60.8. The number of aryl methyl sites for hydroxylation is 7. The van der Waals surface area contributed by atoms with E-state index in [1.54, 1.807) is 20.2 Å². The quantitative estimate of drug-likeness (QED) is 0.0305. The van der Waals surface area contributed by atoms with Crippen molar-refractivity contribution in [3.8, 4) is 51.4 Å². The van der Waals surface area contributed by atoms with Crippen LogP contribution in [0.1, 0.15) is 271 Å². The van der Waals surface area contributed by atoms with Gasteiger partial charge < -0.3 is 35.4 Å². The maximum absolute atomic E-state index is 11.2. The molecule has 0 spiro atoms. The summed E-state index contributed by atoms with van der Waals surface area (Å²) >= 11 is -4.95. The van der Waals surface area contributed by atoms with Crippen LogP contribution >= 0.6 is 102 Å². The van der Waals surface area contributed by atoms with Gasteiger partial charge in [-0.05, 0) is 389 Å². The monoisotopic (exact) mass is 2630 g/mol. The Morgan fingerprint density at radius 3 is 0.887 bits per heavy atom. The number of phenols is 6. The molecule has 18 atom stereocenters. The molecule has 0 amide bonds. The molecule has 16 aliphatic rings. The normalized spacial score (nSPS) is 28.9. The summed E-state index contributed by atoms with van der Waals surface area (Å²) in [4.78, 5) is 38.9. The van der Waals surface area contributed by atoms with E-state index in [4.69, 9.17) is 132 Å². The first kappa shape index (κ1) is 122. The molecule has 16 fully saturated rings. The summed E-state index contributed by atoms with van der Waals surface area (Å²) in [6.07, 6.45) is 51.2. The topological polar surface area (TPSA) is 248 Å². The molecule has 0 radical (unpaired) electrons. The second-order valence-electron chi connectivity index (χ2n) is 42.0. The van der Waals surface area contributed by atoms with Crippen LogP contribution in [0.5, 0.6) is 40.2 Å². The first-order valence-electron chi connectivity index (χ1n) is 50.0. The number of benzene rings is 7. The predicted molar refractivity (Wildman–Crippen MR) is 572 cm³/mol. The SMILES string of the molecule is COc1cc(C)c(O)c(C=NC2CC3CCC2C3)c1.Cc1cc(-c2ccccc2)cc(C=NC2CC3CCC2C3)c1O.Cc1cc(C)c(O)c(C=NC2CC3CCC2C3)c1.Cc1cc(C)c(O)c(C=NC2CC3CCC2C3)c1.Cc1cc([N+](=O)[O-])cc(C=NC2CC3CCC2C3)c1O.Oc1c(C=NC2CC3CCC2C3)cccc1C12CC3CC(CC(C3)C1)C2.[Cl][Zr][Cl].[Cl][Zr][Cl].[Cl][Zr][Cl].[Cl][Zr][Cl].[Cl][Zr][Cl].[Cl][Zr][Cl]. The number of ether oxygens (including phenoxy) is 1. The molecule has 16 nitrogen and oxygen atoms in total. The number of nitro benzene ring substituents is 1. The van der Waals surface area contributed by atoms with Gasteiger partial charge in [0.05, 0.1) is 48.3 Å². The van der Waals surface area contributed by atoms with Crippen LogP contribution in [0, 0.1) is 147 Å². The Labute approximate surface area is 954 Å². The zero-order valence-corrected chi connectivity index (χ0v) is 106. The second kappa shape index (κ2) is 61.6. The Morgan fingerprint density at radius 2 is 0.592 bits per heavy atom. The fourth-order valence-electron chi connectivity index (χ4n) is 26.8. The Morgan fingerprint density at radius 1 is 0.310 bits per heavy atom. The van der Waals surface area contributed by atoms with E-state index >= 15 is 0 Å². The van der Waals surface area contributed by atoms with Crippen LogP contribution in [0.15, 0.2) is 139 Å². The number of methoxy groups -OCH3 is 1. The average Bonchev–Trinajstić information content (AvgIpc) is 1.00. The third kappa shape index (κ3) is 34.9. The van der Waals surface area contributed by atoms with Gasteiger partial charge in [-0.25, -0.2) is 0 Å². The van der Waals surface area contributed by atoms with E-state index in [-0.39, 0.29) is 16.9 Å². The molecule has 18 unspecified atom stereocenters. The van der Waals surface area contributed by atoms with Crippen molar-refractivity contribution in [3.63, 3.8) is 0 Å². The van der Waals surface area contributed by atoms with Crippen molar-refractivity contribution in [3.05, 3.63) is 197 Å². The second-order valence-corrected chi connectivity index (χ2v) is 64.4. The minimum atomic E-state index is -0.826. The van der Waals surface area contributed by atoms with Gasteiger partial charge >= 0.3 is 227 Å². The number of aromatic hydroxyl groups is 6. The van der Waals surface area contributed by atoms with Gasteiger partial charge in [-0.3, -0.25) is 40.1 Å². The number of para-hydroxylation sites is 1. The molecule has 16 saturated carbocycles. The van der Waals surface area contributed by atoms with Gasteiger partial charge in [-0.15, -0.1) is 0 Å². The molecule has 34 heteroatoms. The number of non-ortho nitro benzene ring substituents is 1. The van der Waals surface area contributed by atoms with E-state index < -0.39 is 130 Å². The molecule has 0 aromatic heterocycles. The maximum atomic E-state index is 11.2. The van der Waals surface area contributed by atoms with Crippen molar-refractivity contribution >= 4 is 145 Å². The van der Waals surface area contributed by atoms with Gasteiger partial charge in [-0.2, -0.15) is 0 Å². The fraction of sp³-hybridized carbons (Fsp3) is 0.556. The molecule has 16 bridgehead atoms. The minimum absolute atomic E-state index is 0.00491. The number of hydrogen-bond acceptors (Lipinski definition) is 15. The number of phenolic OH excluding ortho intramolecular Hbond substituents is 6. The molecule has 0 heterocycles. The first-order valence-corrected chi connectivity index (χ1v) is 88.0. The average molecular weight is 2650 g/mol. The predicted octanol–water partition coefficient (Wildman–Crippen LogP) is 32.5. The Kier molecular flexibility index (Phi) is 52.7. The van der Waals surface area contributed by atoms with Crippen molar-refractivity contribution in [2.45, 2.75) is 283 Å². The Balaban J connectivity index is 0.000000158. The van der Waals surface area contributed by atoms with E-state index in [2.05, 4.69) is 49.2 Å². The summed E-state index contributed by atoms with van der Waals surface area (Å²) in [6, 6.07) is 38.1. The third-order valence-corrected chi connectivity index (χ3v) is 32.8. The molecule has 23 rings (SSSR count). The Hall–Kier alpha value is -0.661.